The van der Waals surface area contributed by atoms with Gasteiger partial charge in [0.25, 0.3) is 0 Å². The van der Waals surface area contributed by atoms with Crippen LogP contribution in [0.2, 0.25) is 0 Å². The van der Waals surface area contributed by atoms with Gasteiger partial charge in [0.05, 0.1) is 0 Å². The third-order valence-electron chi connectivity index (χ3n) is 2.63. The van der Waals surface area contributed by atoms with Crippen molar-refractivity contribution in [2.45, 2.75) is 26.2 Å². The third-order valence-corrected chi connectivity index (χ3v) is 2.63. The summed E-state index contributed by atoms with van der Waals surface area (Å²) in [6.45, 7) is 2.35. The minimum atomic E-state index is 0.939. The second kappa shape index (κ2) is 1.37. The molecule has 2 unspecified atom stereocenters. The van der Waals surface area contributed by atoms with E-state index in [4.69, 9.17) is 0 Å². The summed E-state index contributed by atoms with van der Waals surface area (Å²) in [5, 5.41) is 0. The molecule has 0 aromatic rings. The Bertz CT molecular complexity index is 133. The number of allylic oxidation sites excluding steroid dienone is 2. The quantitative estimate of drug-likeness (QED) is 0.418. The van der Waals surface area contributed by atoms with E-state index in [9.17, 15) is 0 Å². The van der Waals surface area contributed by atoms with Crippen molar-refractivity contribution < 1.29 is 0 Å². The maximum absolute atomic E-state index is 2.42. The van der Waals surface area contributed by atoms with Crippen LogP contribution < -0.4 is 0 Å². The lowest BCUT2D eigenvalue weighted by Crippen LogP contribution is -2.07. The van der Waals surface area contributed by atoms with Crippen molar-refractivity contribution in [2.75, 3.05) is 0 Å². The number of fused-ring (bicyclic) bond motifs is 1. The average Bonchev–Trinajstić information content (AvgIpc) is 1.80. The topological polar surface area (TPSA) is 0 Å². The monoisotopic (exact) mass is 108 g/mol. The highest BCUT2D eigenvalue weighted by molar-refractivity contribution is 5.23. The molecule has 0 spiro atoms. The molecule has 0 heterocycles. The highest BCUT2D eigenvalue weighted by Gasteiger charge is 2.31. The summed E-state index contributed by atoms with van der Waals surface area (Å²) in [5.41, 5.74) is 1.77. The van der Waals surface area contributed by atoms with Crippen LogP contribution in [0, 0.1) is 11.8 Å². The van der Waals surface area contributed by atoms with Crippen LogP contribution >= 0.6 is 0 Å². The Kier molecular flexibility index (Phi) is 0.787. The van der Waals surface area contributed by atoms with Gasteiger partial charge < -0.3 is 0 Å². The molecule has 0 N–H and O–H groups in total. The Morgan fingerprint density at radius 3 is 2.62 bits per heavy atom. The summed E-state index contributed by atoms with van der Waals surface area (Å²) in [6, 6.07) is 0. The highest BCUT2D eigenvalue weighted by atomic mass is 14.4. The average molecular weight is 108 g/mol. The van der Waals surface area contributed by atoms with Gasteiger partial charge in [-0.1, -0.05) is 18.6 Å². The van der Waals surface area contributed by atoms with E-state index in [1.807, 2.05) is 0 Å². The predicted molar refractivity (Wildman–Crippen MR) is 34.6 cm³/mol. The summed E-state index contributed by atoms with van der Waals surface area (Å²) in [6.07, 6.45) is 6.74. The van der Waals surface area contributed by atoms with Gasteiger partial charge >= 0.3 is 0 Å². The molecular weight excluding hydrogens is 96.1 g/mol. The summed E-state index contributed by atoms with van der Waals surface area (Å²) in [7, 11) is 0. The van der Waals surface area contributed by atoms with E-state index in [0.29, 0.717) is 0 Å². The molecule has 44 valence electrons. The van der Waals surface area contributed by atoms with Crippen molar-refractivity contribution in [3.63, 3.8) is 0 Å². The Labute approximate surface area is 50.6 Å². The first-order valence-corrected chi connectivity index (χ1v) is 3.58. The van der Waals surface area contributed by atoms with Crippen molar-refractivity contribution in [1.29, 1.82) is 0 Å². The van der Waals surface area contributed by atoms with Crippen LogP contribution in [0.15, 0.2) is 11.6 Å². The molecule has 2 aliphatic carbocycles. The lowest BCUT2D eigenvalue weighted by molar-refractivity contribution is 0.585. The second-order valence-electron chi connectivity index (χ2n) is 3.12. The fourth-order valence-corrected chi connectivity index (χ4v) is 1.93. The van der Waals surface area contributed by atoms with Crippen LogP contribution in [0.4, 0.5) is 0 Å². The maximum Gasteiger partial charge on any atom is -0.0166 e. The molecule has 0 amide bonds. The van der Waals surface area contributed by atoms with Crippen LogP contribution in [0.1, 0.15) is 26.2 Å². The molecule has 2 aliphatic rings. The molecular formula is C8H12. The fraction of sp³-hybridized carbons (Fsp3) is 0.750. The van der Waals surface area contributed by atoms with Gasteiger partial charge in [-0.05, 0) is 31.1 Å². The largest absolute Gasteiger partial charge is 0.0842 e. The highest BCUT2D eigenvalue weighted by Crippen LogP contribution is 2.44. The molecule has 8 heavy (non-hydrogen) atoms. The zero-order chi connectivity index (χ0) is 5.56. The molecule has 2 rings (SSSR count). The molecule has 1 fully saturated rings. The Hall–Kier alpha value is -0.260. The van der Waals surface area contributed by atoms with Gasteiger partial charge in [0, 0.05) is 0 Å². The molecule has 0 heteroatoms. The van der Waals surface area contributed by atoms with Crippen LogP contribution in [-0.2, 0) is 0 Å². The van der Waals surface area contributed by atoms with E-state index in [1.54, 1.807) is 5.57 Å². The van der Waals surface area contributed by atoms with Gasteiger partial charge in [0.1, 0.15) is 0 Å². The molecule has 0 bridgehead atoms. The van der Waals surface area contributed by atoms with Gasteiger partial charge in [-0.25, -0.2) is 0 Å². The predicted octanol–water partition coefficient (Wildman–Crippen LogP) is 2.36. The van der Waals surface area contributed by atoms with Gasteiger partial charge in [-0.15, -0.1) is 0 Å². The molecule has 0 aliphatic heterocycles. The van der Waals surface area contributed by atoms with Crippen molar-refractivity contribution in [1.82, 2.24) is 0 Å². The van der Waals surface area contributed by atoms with E-state index >= 15 is 0 Å². The van der Waals surface area contributed by atoms with Crippen LogP contribution in [0.3, 0.4) is 0 Å². The van der Waals surface area contributed by atoms with Crippen molar-refractivity contribution in [3.05, 3.63) is 11.6 Å². The van der Waals surface area contributed by atoms with E-state index in [0.717, 1.165) is 11.8 Å². The number of hydrogen-bond donors (Lipinski definition) is 0. The Morgan fingerprint density at radius 2 is 2.38 bits per heavy atom. The molecule has 0 aromatic carbocycles. The van der Waals surface area contributed by atoms with Crippen molar-refractivity contribution >= 4 is 0 Å². The summed E-state index contributed by atoms with van der Waals surface area (Å²) < 4.78 is 0. The Morgan fingerprint density at radius 1 is 1.50 bits per heavy atom. The van der Waals surface area contributed by atoms with Crippen molar-refractivity contribution in [3.8, 4) is 0 Å². The van der Waals surface area contributed by atoms with E-state index in [-0.39, 0.29) is 0 Å². The normalized spacial score (nSPS) is 42.9. The van der Waals surface area contributed by atoms with E-state index in [1.165, 1.54) is 19.3 Å². The van der Waals surface area contributed by atoms with Gasteiger partial charge in [-0.2, -0.15) is 0 Å². The second-order valence-corrected chi connectivity index (χ2v) is 3.12. The minimum Gasteiger partial charge on any atom is -0.0842 e. The van der Waals surface area contributed by atoms with Crippen LogP contribution in [0.25, 0.3) is 0 Å². The maximum atomic E-state index is 2.42. The summed E-state index contributed by atoms with van der Waals surface area (Å²) >= 11 is 0. The zero-order valence-corrected chi connectivity index (χ0v) is 5.35. The molecule has 0 radical (unpaired) electrons. The summed E-state index contributed by atoms with van der Waals surface area (Å²) in [5.74, 6) is 1.97. The standard InChI is InChI=1S/C8H12/c1-6-2-3-7-4-5-8(6)7/h5-7H,2-4H2,1H3. The molecule has 0 nitrogen and oxygen atoms in total. The minimum absolute atomic E-state index is 0.939. The molecule has 0 saturated heterocycles. The zero-order valence-electron chi connectivity index (χ0n) is 5.35. The van der Waals surface area contributed by atoms with Crippen LogP contribution in [0.5, 0.6) is 0 Å². The van der Waals surface area contributed by atoms with Gasteiger partial charge in [0.2, 0.25) is 0 Å². The molecule has 0 aromatic heterocycles. The van der Waals surface area contributed by atoms with Gasteiger partial charge in [-0.3, -0.25) is 0 Å². The lowest BCUT2D eigenvalue weighted by atomic mass is 9.85. The fourth-order valence-electron chi connectivity index (χ4n) is 1.93. The Balaban J connectivity index is 2.23. The third kappa shape index (κ3) is 0.410. The molecule has 2 atom stereocenters. The summed E-state index contributed by atoms with van der Waals surface area (Å²) in [4.78, 5) is 0. The number of hydrogen-bond acceptors (Lipinski definition) is 0. The van der Waals surface area contributed by atoms with Crippen molar-refractivity contribution in [2.24, 2.45) is 11.8 Å². The van der Waals surface area contributed by atoms with Crippen LogP contribution in [-0.4, -0.2) is 0 Å². The van der Waals surface area contributed by atoms with E-state index < -0.39 is 0 Å². The first-order valence-electron chi connectivity index (χ1n) is 3.58. The SMILES string of the molecule is CC1CCC2CC=C12. The van der Waals surface area contributed by atoms with Gasteiger partial charge in [0.15, 0.2) is 0 Å². The van der Waals surface area contributed by atoms with E-state index in [2.05, 4.69) is 13.0 Å². The first kappa shape index (κ1) is 4.60. The first-order chi connectivity index (χ1) is 3.88. The smallest absolute Gasteiger partial charge is 0.0166 e. The number of rotatable bonds is 0. The molecule has 1 saturated carbocycles. The lowest BCUT2D eigenvalue weighted by Gasteiger charge is -2.21.